The van der Waals surface area contributed by atoms with Crippen molar-refractivity contribution in [2.75, 3.05) is 31.8 Å². The molecule has 0 spiro atoms. The maximum Gasteiger partial charge on any atom is 0.208 e. The molecule has 0 saturated carbocycles. The Kier molecular flexibility index (Phi) is 6.84. The molecule has 1 unspecified atom stereocenters. The van der Waals surface area contributed by atoms with E-state index >= 15 is 0 Å². The third-order valence-corrected chi connectivity index (χ3v) is 4.84. The van der Waals surface area contributed by atoms with E-state index in [4.69, 9.17) is 0 Å². The Morgan fingerprint density at radius 2 is 2.12 bits per heavy atom. The van der Waals surface area contributed by atoms with E-state index in [0.29, 0.717) is 6.04 Å². The van der Waals surface area contributed by atoms with Crippen molar-refractivity contribution in [3.8, 4) is 0 Å². The molecule has 0 aliphatic heterocycles. The molecule has 0 aromatic carbocycles. The smallest absolute Gasteiger partial charge is 0.208 e. The molecule has 1 aromatic heterocycles. The number of nitrogens with one attached hydrogen (secondary N) is 1. The first-order valence-electron chi connectivity index (χ1n) is 5.94. The molecule has 1 N–H and O–H groups in total. The molecular formula is C11H22N4S2. The third kappa shape index (κ3) is 5.70. The van der Waals surface area contributed by atoms with E-state index in [2.05, 4.69) is 22.4 Å². The largest absolute Gasteiger partial charge is 0.353 e. The lowest BCUT2D eigenvalue weighted by molar-refractivity contribution is 0.539. The van der Waals surface area contributed by atoms with Crippen LogP contribution in [-0.4, -0.2) is 43.1 Å². The Morgan fingerprint density at radius 3 is 2.71 bits per heavy atom. The van der Waals surface area contributed by atoms with E-state index in [1.165, 1.54) is 19.3 Å². The molecule has 0 radical (unpaired) electrons. The van der Waals surface area contributed by atoms with Crippen LogP contribution in [0, 0.1) is 0 Å². The fraction of sp³-hybridized carbons (Fsp3) is 0.818. The van der Waals surface area contributed by atoms with Crippen LogP contribution in [0.4, 0.5) is 5.13 Å². The van der Waals surface area contributed by atoms with Gasteiger partial charge in [-0.15, -0.1) is 10.2 Å². The monoisotopic (exact) mass is 274 g/mol. The second-order valence-electron chi connectivity index (χ2n) is 4.28. The van der Waals surface area contributed by atoms with Crippen LogP contribution in [-0.2, 0) is 0 Å². The van der Waals surface area contributed by atoms with Gasteiger partial charge in [0, 0.05) is 25.9 Å². The van der Waals surface area contributed by atoms with Crippen molar-refractivity contribution in [1.29, 1.82) is 0 Å². The summed E-state index contributed by atoms with van der Waals surface area (Å²) < 4.78 is 1.08. The summed E-state index contributed by atoms with van der Waals surface area (Å²) in [6.07, 6.45) is 3.76. The first-order valence-corrected chi connectivity index (χ1v) is 7.74. The van der Waals surface area contributed by atoms with Gasteiger partial charge < -0.3 is 10.2 Å². The third-order valence-electron chi connectivity index (χ3n) is 2.53. The minimum absolute atomic E-state index is 0.627. The van der Waals surface area contributed by atoms with Crippen LogP contribution >= 0.6 is 23.1 Å². The maximum absolute atomic E-state index is 4.16. The number of nitrogens with zero attached hydrogens (tertiary/aromatic N) is 3. The molecule has 1 atom stereocenters. The van der Waals surface area contributed by atoms with Crippen molar-refractivity contribution in [2.45, 2.75) is 36.6 Å². The zero-order valence-electron chi connectivity index (χ0n) is 11.1. The van der Waals surface area contributed by atoms with E-state index in [0.717, 1.165) is 15.2 Å². The summed E-state index contributed by atoms with van der Waals surface area (Å²) in [5.41, 5.74) is 0. The second kappa shape index (κ2) is 7.89. The van der Waals surface area contributed by atoms with E-state index in [-0.39, 0.29) is 0 Å². The van der Waals surface area contributed by atoms with Gasteiger partial charge in [-0.3, -0.25) is 0 Å². The van der Waals surface area contributed by atoms with Crippen LogP contribution < -0.4 is 10.2 Å². The molecule has 1 aromatic rings. The lowest BCUT2D eigenvalue weighted by Crippen LogP contribution is -2.20. The zero-order chi connectivity index (χ0) is 12.7. The molecule has 0 bridgehead atoms. The van der Waals surface area contributed by atoms with Gasteiger partial charge in [0.2, 0.25) is 5.13 Å². The molecule has 0 aliphatic rings. The fourth-order valence-electron chi connectivity index (χ4n) is 1.30. The highest BCUT2D eigenvalue weighted by atomic mass is 32.2. The van der Waals surface area contributed by atoms with E-state index in [9.17, 15) is 0 Å². The number of hydrogen-bond donors (Lipinski definition) is 1. The highest BCUT2D eigenvalue weighted by Gasteiger charge is 2.05. The highest BCUT2D eigenvalue weighted by molar-refractivity contribution is 8.01. The average molecular weight is 274 g/mol. The van der Waals surface area contributed by atoms with Gasteiger partial charge in [-0.25, -0.2) is 0 Å². The van der Waals surface area contributed by atoms with Crippen LogP contribution in [0.1, 0.15) is 26.2 Å². The van der Waals surface area contributed by atoms with Gasteiger partial charge >= 0.3 is 0 Å². The lowest BCUT2D eigenvalue weighted by Gasteiger charge is -2.08. The number of rotatable bonds is 8. The lowest BCUT2D eigenvalue weighted by atomic mass is 10.1. The van der Waals surface area contributed by atoms with Crippen molar-refractivity contribution in [3.05, 3.63) is 0 Å². The first kappa shape index (κ1) is 14.7. The zero-order valence-corrected chi connectivity index (χ0v) is 12.7. The topological polar surface area (TPSA) is 41.1 Å². The van der Waals surface area contributed by atoms with Crippen molar-refractivity contribution in [2.24, 2.45) is 0 Å². The Bertz CT molecular complexity index is 314. The summed E-state index contributed by atoms with van der Waals surface area (Å²) in [6.45, 7) is 2.22. The number of anilines is 1. The van der Waals surface area contributed by atoms with Gasteiger partial charge in [0.1, 0.15) is 0 Å². The summed E-state index contributed by atoms with van der Waals surface area (Å²) in [6, 6.07) is 0.627. The minimum atomic E-state index is 0.627. The number of aromatic nitrogens is 2. The molecule has 6 heteroatoms. The summed E-state index contributed by atoms with van der Waals surface area (Å²) in [5, 5.41) is 12.5. The molecule has 4 nitrogen and oxygen atoms in total. The Morgan fingerprint density at radius 1 is 1.35 bits per heavy atom. The van der Waals surface area contributed by atoms with Gasteiger partial charge in [-0.1, -0.05) is 29.5 Å². The quantitative estimate of drug-likeness (QED) is 0.582. The maximum atomic E-state index is 4.16. The van der Waals surface area contributed by atoms with E-state index < -0.39 is 0 Å². The first-order chi connectivity index (χ1) is 8.13. The van der Waals surface area contributed by atoms with Crippen molar-refractivity contribution in [3.63, 3.8) is 0 Å². The predicted octanol–water partition coefficient (Wildman–Crippen LogP) is 2.47. The summed E-state index contributed by atoms with van der Waals surface area (Å²) in [7, 11) is 6.01. The van der Waals surface area contributed by atoms with E-state index in [1.807, 2.05) is 37.8 Å². The molecule has 98 valence electrons. The van der Waals surface area contributed by atoms with Crippen LogP contribution in [0.3, 0.4) is 0 Å². The van der Waals surface area contributed by atoms with Crippen molar-refractivity contribution >= 4 is 28.2 Å². The SMILES string of the molecule is CNC(C)CCCCSc1nnc(N(C)C)s1. The molecular weight excluding hydrogens is 252 g/mol. The second-order valence-corrected chi connectivity index (χ2v) is 6.58. The van der Waals surface area contributed by atoms with Gasteiger partial charge in [-0.05, 0) is 26.8 Å². The van der Waals surface area contributed by atoms with E-state index in [1.54, 1.807) is 11.3 Å². The number of thioether (sulfide) groups is 1. The highest BCUT2D eigenvalue weighted by Crippen LogP contribution is 2.27. The normalized spacial score (nSPS) is 12.7. The Labute approximate surface area is 112 Å². The molecule has 0 saturated heterocycles. The van der Waals surface area contributed by atoms with Crippen LogP contribution in [0.25, 0.3) is 0 Å². The molecule has 0 fully saturated rings. The standard InChI is InChI=1S/C11H22N4S2/c1-9(12-2)7-5-6-8-16-11-14-13-10(17-11)15(3)4/h9,12H,5-8H2,1-4H3. The summed E-state index contributed by atoms with van der Waals surface area (Å²) in [4.78, 5) is 2.00. The van der Waals surface area contributed by atoms with Crippen molar-refractivity contribution in [1.82, 2.24) is 15.5 Å². The Balaban J connectivity index is 2.13. The van der Waals surface area contributed by atoms with Gasteiger partial charge in [0.15, 0.2) is 4.34 Å². The molecule has 0 amide bonds. The summed E-state index contributed by atoms with van der Waals surface area (Å²) in [5.74, 6) is 1.14. The van der Waals surface area contributed by atoms with Crippen molar-refractivity contribution < 1.29 is 0 Å². The van der Waals surface area contributed by atoms with Gasteiger partial charge in [-0.2, -0.15) is 0 Å². The summed E-state index contributed by atoms with van der Waals surface area (Å²) >= 11 is 3.48. The minimum Gasteiger partial charge on any atom is -0.353 e. The van der Waals surface area contributed by atoms with Gasteiger partial charge in [0.05, 0.1) is 0 Å². The average Bonchev–Trinajstić information content (AvgIpc) is 2.77. The number of hydrogen-bond acceptors (Lipinski definition) is 6. The van der Waals surface area contributed by atoms with Crippen LogP contribution in [0.15, 0.2) is 4.34 Å². The molecule has 0 aliphatic carbocycles. The van der Waals surface area contributed by atoms with Crippen LogP contribution in [0.2, 0.25) is 0 Å². The Hall–Kier alpha value is -0.330. The molecule has 1 heterocycles. The molecule has 1 rings (SSSR count). The van der Waals surface area contributed by atoms with Crippen LogP contribution in [0.5, 0.6) is 0 Å². The molecule has 17 heavy (non-hydrogen) atoms. The number of unbranched alkanes of at least 4 members (excludes halogenated alkanes) is 1. The predicted molar refractivity (Wildman–Crippen MR) is 77.3 cm³/mol. The fourth-order valence-corrected chi connectivity index (χ4v) is 3.13. The van der Waals surface area contributed by atoms with Gasteiger partial charge in [0.25, 0.3) is 0 Å².